The Bertz CT molecular complexity index is 646. The number of allylic oxidation sites excluding steroid dienone is 4. The average molecular weight is 298 g/mol. The van der Waals surface area contributed by atoms with Gasteiger partial charge >= 0.3 is 5.97 Å². The lowest BCUT2D eigenvalue weighted by atomic mass is 10.0. The molecular weight excluding hydrogens is 285 g/mol. The van der Waals surface area contributed by atoms with E-state index in [-0.39, 0.29) is 11.3 Å². The summed E-state index contributed by atoms with van der Waals surface area (Å²) in [6.07, 6.45) is 1.75. The molecular formula is C15H13F3O3. The topological polar surface area (TPSA) is 46.5 Å². The van der Waals surface area contributed by atoms with Crippen LogP contribution < -0.4 is 4.74 Å². The van der Waals surface area contributed by atoms with Crippen LogP contribution in [-0.2, 0) is 4.79 Å². The van der Waals surface area contributed by atoms with Crippen LogP contribution in [0, 0.1) is 11.6 Å². The van der Waals surface area contributed by atoms with Gasteiger partial charge in [0.1, 0.15) is 11.6 Å². The van der Waals surface area contributed by atoms with Gasteiger partial charge in [0.2, 0.25) is 0 Å². The van der Waals surface area contributed by atoms with Gasteiger partial charge in [-0.05, 0) is 31.2 Å². The molecule has 6 heteroatoms. The second kappa shape index (κ2) is 6.78. The third-order valence-electron chi connectivity index (χ3n) is 2.68. The third-order valence-corrected chi connectivity index (χ3v) is 2.68. The maximum atomic E-state index is 13.9. The van der Waals surface area contributed by atoms with Crippen LogP contribution in [0.2, 0.25) is 0 Å². The van der Waals surface area contributed by atoms with E-state index < -0.39 is 34.6 Å². The first-order valence-electron chi connectivity index (χ1n) is 5.78. The number of benzene rings is 1. The molecule has 0 aliphatic rings. The first-order chi connectivity index (χ1) is 9.79. The van der Waals surface area contributed by atoms with E-state index in [2.05, 4.69) is 11.3 Å². The van der Waals surface area contributed by atoms with E-state index in [0.717, 1.165) is 24.3 Å². The largest absolute Gasteiger partial charge is 0.494 e. The highest BCUT2D eigenvalue weighted by Crippen LogP contribution is 2.32. The van der Waals surface area contributed by atoms with Crippen LogP contribution >= 0.6 is 0 Å². The molecule has 1 N–H and O–H groups in total. The SMILES string of the molecule is C=C(/C(F)=C\C=C(/C)C(=O)O)c1c(F)ccc(OC)c1F. The summed E-state index contributed by atoms with van der Waals surface area (Å²) < 4.78 is 46.1. The first kappa shape index (κ1) is 16.6. The van der Waals surface area contributed by atoms with E-state index in [1.54, 1.807) is 0 Å². The van der Waals surface area contributed by atoms with Gasteiger partial charge in [-0.2, -0.15) is 0 Å². The minimum absolute atomic E-state index is 0.135. The van der Waals surface area contributed by atoms with Gasteiger partial charge in [-0.3, -0.25) is 0 Å². The van der Waals surface area contributed by atoms with E-state index in [4.69, 9.17) is 5.11 Å². The number of rotatable bonds is 5. The summed E-state index contributed by atoms with van der Waals surface area (Å²) in [6, 6.07) is 1.99. The van der Waals surface area contributed by atoms with Gasteiger partial charge in [0, 0.05) is 11.1 Å². The van der Waals surface area contributed by atoms with Crippen LogP contribution in [0.15, 0.2) is 42.3 Å². The maximum Gasteiger partial charge on any atom is 0.331 e. The molecule has 0 unspecified atom stereocenters. The minimum Gasteiger partial charge on any atom is -0.494 e. The lowest BCUT2D eigenvalue weighted by Gasteiger charge is -2.09. The summed E-state index contributed by atoms with van der Waals surface area (Å²) in [7, 11) is 1.19. The molecule has 112 valence electrons. The second-order valence-corrected chi connectivity index (χ2v) is 4.09. The molecule has 0 amide bonds. The van der Waals surface area contributed by atoms with Crippen molar-refractivity contribution >= 4 is 11.5 Å². The molecule has 1 aromatic carbocycles. The smallest absolute Gasteiger partial charge is 0.331 e. The Hall–Kier alpha value is -2.50. The Morgan fingerprint density at radius 3 is 2.48 bits per heavy atom. The molecule has 3 nitrogen and oxygen atoms in total. The number of aliphatic carboxylic acids is 1. The van der Waals surface area contributed by atoms with Gasteiger partial charge < -0.3 is 9.84 Å². The lowest BCUT2D eigenvalue weighted by Crippen LogP contribution is -1.99. The van der Waals surface area contributed by atoms with Crippen LogP contribution in [-0.4, -0.2) is 18.2 Å². The van der Waals surface area contributed by atoms with Gasteiger partial charge in [0.25, 0.3) is 0 Å². The molecule has 1 aromatic rings. The van der Waals surface area contributed by atoms with Gasteiger partial charge in [-0.25, -0.2) is 18.0 Å². The standard InChI is InChI=1S/C15H13F3O3/c1-8(15(19)20)4-5-10(16)9(2)13-11(17)6-7-12(21-3)14(13)18/h4-7H,2H2,1,3H3,(H,19,20)/b8-4+,10-5+. The van der Waals surface area contributed by atoms with E-state index >= 15 is 0 Å². The Kier molecular flexibility index (Phi) is 5.35. The van der Waals surface area contributed by atoms with Crippen molar-refractivity contribution in [3.8, 4) is 5.75 Å². The minimum atomic E-state index is -1.23. The van der Waals surface area contributed by atoms with Crippen molar-refractivity contribution in [2.75, 3.05) is 7.11 Å². The molecule has 0 radical (unpaired) electrons. The van der Waals surface area contributed by atoms with Crippen LogP contribution in [0.5, 0.6) is 5.75 Å². The number of carboxylic acids is 1. The van der Waals surface area contributed by atoms with Crippen molar-refractivity contribution in [3.63, 3.8) is 0 Å². The molecule has 0 saturated heterocycles. The van der Waals surface area contributed by atoms with Crippen molar-refractivity contribution < 1.29 is 27.8 Å². The fourth-order valence-corrected chi connectivity index (χ4v) is 1.46. The van der Waals surface area contributed by atoms with E-state index in [1.807, 2.05) is 0 Å². The summed E-state index contributed by atoms with van der Waals surface area (Å²) in [4.78, 5) is 10.6. The monoisotopic (exact) mass is 298 g/mol. The lowest BCUT2D eigenvalue weighted by molar-refractivity contribution is -0.132. The van der Waals surface area contributed by atoms with Gasteiger partial charge in [0.05, 0.1) is 12.7 Å². The van der Waals surface area contributed by atoms with Gasteiger partial charge in [0.15, 0.2) is 11.6 Å². The molecule has 0 aliphatic heterocycles. The van der Waals surface area contributed by atoms with E-state index in [9.17, 15) is 18.0 Å². The van der Waals surface area contributed by atoms with Gasteiger partial charge in [-0.1, -0.05) is 6.58 Å². The fourth-order valence-electron chi connectivity index (χ4n) is 1.46. The summed E-state index contributed by atoms with van der Waals surface area (Å²) in [5, 5.41) is 8.63. The van der Waals surface area contributed by atoms with Crippen molar-refractivity contribution in [3.05, 3.63) is 59.5 Å². The normalized spacial score (nSPS) is 12.2. The molecule has 1 rings (SSSR count). The van der Waals surface area contributed by atoms with Crippen LogP contribution in [0.25, 0.3) is 5.57 Å². The summed E-state index contributed by atoms with van der Waals surface area (Å²) in [5.41, 5.74) is -1.34. The predicted octanol–water partition coefficient (Wildman–Crippen LogP) is 3.87. The van der Waals surface area contributed by atoms with Crippen LogP contribution in [0.1, 0.15) is 12.5 Å². The molecule has 0 saturated carbocycles. The summed E-state index contributed by atoms with van der Waals surface area (Å²) in [6.45, 7) is 4.54. The highest BCUT2D eigenvalue weighted by atomic mass is 19.1. The Morgan fingerprint density at radius 2 is 1.95 bits per heavy atom. The Morgan fingerprint density at radius 1 is 1.33 bits per heavy atom. The molecule has 0 aromatic heterocycles. The highest BCUT2D eigenvalue weighted by Gasteiger charge is 2.19. The molecule has 0 fully saturated rings. The number of carbonyl (C=O) groups is 1. The van der Waals surface area contributed by atoms with Crippen LogP contribution in [0.4, 0.5) is 13.2 Å². The number of hydrogen-bond acceptors (Lipinski definition) is 2. The number of ether oxygens (including phenoxy) is 1. The molecule has 0 heterocycles. The average Bonchev–Trinajstić information content (AvgIpc) is 2.44. The van der Waals surface area contributed by atoms with E-state index in [1.165, 1.54) is 14.0 Å². The Labute approximate surface area is 119 Å². The van der Waals surface area contributed by atoms with Crippen LogP contribution in [0.3, 0.4) is 0 Å². The number of halogens is 3. The van der Waals surface area contributed by atoms with Crippen molar-refractivity contribution in [1.29, 1.82) is 0 Å². The van der Waals surface area contributed by atoms with Crippen molar-refractivity contribution in [1.82, 2.24) is 0 Å². The third kappa shape index (κ3) is 3.75. The zero-order valence-corrected chi connectivity index (χ0v) is 11.4. The zero-order chi connectivity index (χ0) is 16.2. The molecule has 0 bridgehead atoms. The van der Waals surface area contributed by atoms with Crippen molar-refractivity contribution in [2.24, 2.45) is 0 Å². The molecule has 21 heavy (non-hydrogen) atoms. The van der Waals surface area contributed by atoms with E-state index in [0.29, 0.717) is 0 Å². The highest BCUT2D eigenvalue weighted by molar-refractivity contribution is 5.86. The Balaban J connectivity index is 3.23. The number of hydrogen-bond donors (Lipinski definition) is 1. The fraction of sp³-hybridized carbons (Fsp3) is 0.133. The zero-order valence-electron chi connectivity index (χ0n) is 11.4. The quantitative estimate of drug-likeness (QED) is 0.663. The summed E-state index contributed by atoms with van der Waals surface area (Å²) >= 11 is 0. The number of methoxy groups -OCH3 is 1. The molecule has 0 spiro atoms. The van der Waals surface area contributed by atoms with Gasteiger partial charge in [-0.15, -0.1) is 0 Å². The molecule has 0 atom stereocenters. The first-order valence-corrected chi connectivity index (χ1v) is 5.78. The van der Waals surface area contributed by atoms with Crippen molar-refractivity contribution in [2.45, 2.75) is 6.92 Å². The maximum absolute atomic E-state index is 13.9. The second-order valence-electron chi connectivity index (χ2n) is 4.09. The molecule has 0 aliphatic carbocycles. The predicted molar refractivity (Wildman–Crippen MR) is 72.5 cm³/mol. The number of carboxylic acid groups (broad SMARTS) is 1. The summed E-state index contributed by atoms with van der Waals surface area (Å²) in [5.74, 6) is -4.62.